The van der Waals surface area contributed by atoms with Gasteiger partial charge in [0.25, 0.3) is 11.5 Å². The molecule has 2 aliphatic rings. The van der Waals surface area contributed by atoms with Crippen LogP contribution in [0.1, 0.15) is 35.0 Å². The number of carbonyl (C=O) groups is 1. The SMILES string of the molecule is C=c1[nH]c(=O)/c(=C/c2cnn3c(NCC4CC4)nc(-c4ccc(C(=O)N5CCOC(C)C5)s4)nc23)[nH]1. The van der Waals surface area contributed by atoms with E-state index >= 15 is 0 Å². The van der Waals surface area contributed by atoms with Gasteiger partial charge < -0.3 is 24.9 Å². The molecule has 11 nitrogen and oxygen atoms in total. The molecule has 3 N–H and O–H groups in total. The van der Waals surface area contributed by atoms with Gasteiger partial charge in [-0.1, -0.05) is 6.58 Å². The van der Waals surface area contributed by atoms with Crippen molar-refractivity contribution in [3.63, 3.8) is 0 Å². The van der Waals surface area contributed by atoms with Gasteiger partial charge in [0, 0.05) is 25.2 Å². The van der Waals surface area contributed by atoms with E-state index in [1.165, 1.54) is 24.2 Å². The predicted molar refractivity (Wildman–Crippen MR) is 136 cm³/mol. The molecule has 0 spiro atoms. The highest BCUT2D eigenvalue weighted by Gasteiger charge is 2.25. The van der Waals surface area contributed by atoms with E-state index in [-0.39, 0.29) is 17.6 Å². The number of aromatic nitrogens is 6. The zero-order valence-corrected chi connectivity index (χ0v) is 20.6. The number of imidazole rings is 1. The number of morpholine rings is 1. The van der Waals surface area contributed by atoms with Crippen LogP contribution in [0.25, 0.3) is 29.0 Å². The number of nitrogens with one attached hydrogen (secondary N) is 3. The van der Waals surface area contributed by atoms with Gasteiger partial charge in [-0.25, -0.2) is 4.98 Å². The molecule has 1 aliphatic heterocycles. The first-order valence-corrected chi connectivity index (χ1v) is 12.8. The van der Waals surface area contributed by atoms with Gasteiger partial charge in [0.2, 0.25) is 5.95 Å². The summed E-state index contributed by atoms with van der Waals surface area (Å²) in [6.45, 7) is 8.21. The van der Waals surface area contributed by atoms with Crippen molar-refractivity contribution in [2.24, 2.45) is 5.92 Å². The molecule has 0 bridgehead atoms. The van der Waals surface area contributed by atoms with Gasteiger partial charge in [0.15, 0.2) is 11.5 Å². The van der Waals surface area contributed by atoms with E-state index in [0.29, 0.717) is 64.3 Å². The minimum absolute atomic E-state index is 0.0112. The number of hydrogen-bond acceptors (Lipinski definition) is 8. The molecule has 1 amide bonds. The highest BCUT2D eigenvalue weighted by atomic mass is 32.1. The molecule has 4 aromatic heterocycles. The lowest BCUT2D eigenvalue weighted by molar-refractivity contribution is -0.0122. The molecule has 1 saturated heterocycles. The van der Waals surface area contributed by atoms with Crippen molar-refractivity contribution in [2.75, 3.05) is 31.6 Å². The summed E-state index contributed by atoms with van der Waals surface area (Å²) in [5.74, 6) is 1.69. The van der Waals surface area contributed by atoms with Crippen LogP contribution in [0.15, 0.2) is 23.1 Å². The maximum atomic E-state index is 13.1. The van der Waals surface area contributed by atoms with Crippen molar-refractivity contribution in [3.8, 4) is 10.7 Å². The average molecular weight is 507 g/mol. The zero-order valence-electron chi connectivity index (χ0n) is 19.8. The molecule has 1 aliphatic carbocycles. The number of thiophene rings is 1. The maximum absolute atomic E-state index is 13.1. The quantitative estimate of drug-likeness (QED) is 0.352. The van der Waals surface area contributed by atoms with Crippen LogP contribution in [0.3, 0.4) is 0 Å². The number of rotatable bonds is 6. The van der Waals surface area contributed by atoms with Crippen molar-refractivity contribution >= 4 is 41.5 Å². The third kappa shape index (κ3) is 4.44. The predicted octanol–water partition coefficient (Wildman–Crippen LogP) is 0.791. The first-order chi connectivity index (χ1) is 17.4. The van der Waals surface area contributed by atoms with Crippen LogP contribution in [0.4, 0.5) is 5.95 Å². The van der Waals surface area contributed by atoms with Crippen molar-refractivity contribution in [1.82, 2.24) is 34.4 Å². The summed E-state index contributed by atoms with van der Waals surface area (Å²) in [6, 6.07) is 3.70. The monoisotopic (exact) mass is 506 g/mol. The first kappa shape index (κ1) is 22.7. The fraction of sp³-hybridized carbons (Fsp3) is 0.375. The van der Waals surface area contributed by atoms with Crippen molar-refractivity contribution < 1.29 is 9.53 Å². The van der Waals surface area contributed by atoms with E-state index in [1.54, 1.807) is 16.8 Å². The number of anilines is 1. The van der Waals surface area contributed by atoms with Crippen molar-refractivity contribution in [2.45, 2.75) is 25.9 Å². The first-order valence-electron chi connectivity index (χ1n) is 11.9. The van der Waals surface area contributed by atoms with Crippen molar-refractivity contribution in [1.29, 1.82) is 0 Å². The third-order valence-corrected chi connectivity index (χ3v) is 7.37. The van der Waals surface area contributed by atoms with Crippen LogP contribution in [-0.4, -0.2) is 72.7 Å². The summed E-state index contributed by atoms with van der Waals surface area (Å²) >= 11 is 1.37. The molecule has 2 fully saturated rings. The molecule has 1 saturated carbocycles. The summed E-state index contributed by atoms with van der Waals surface area (Å²) in [5.41, 5.74) is 1.38. The van der Waals surface area contributed by atoms with E-state index in [4.69, 9.17) is 14.7 Å². The van der Waals surface area contributed by atoms with Gasteiger partial charge >= 0.3 is 0 Å². The molecule has 6 rings (SSSR count). The lowest BCUT2D eigenvalue weighted by atomic mass is 10.3. The number of nitrogens with zero attached hydrogens (tertiary/aromatic N) is 5. The number of fused-ring (bicyclic) bond motifs is 1. The molecule has 186 valence electrons. The molecule has 1 unspecified atom stereocenters. The molecule has 1 atom stereocenters. The normalized spacial score (nSPS) is 18.8. The van der Waals surface area contributed by atoms with Gasteiger partial charge in [-0.3, -0.25) is 9.59 Å². The molecule has 36 heavy (non-hydrogen) atoms. The average Bonchev–Trinajstić information content (AvgIpc) is 3.25. The standard InChI is InChI=1S/C24H26N8O3S/c1-13-12-31(7-8-35-13)23(34)19-6-5-18(36-19)20-29-21-16(9-17-22(33)28-14(2)27-17)11-26-32(21)24(30-20)25-10-15-3-4-15/h5-6,9,11,13,15,27H,2-4,7-8,10,12H2,1H3,(H,28,33)(H,25,29,30)/b17-9-. The van der Waals surface area contributed by atoms with Gasteiger partial charge in [-0.15, -0.1) is 11.3 Å². The van der Waals surface area contributed by atoms with Crippen LogP contribution in [0, 0.1) is 5.92 Å². The fourth-order valence-electron chi connectivity index (χ4n) is 4.22. The highest BCUT2D eigenvalue weighted by molar-refractivity contribution is 7.17. The van der Waals surface area contributed by atoms with Crippen LogP contribution in [0.2, 0.25) is 0 Å². The van der Waals surface area contributed by atoms with Gasteiger partial charge in [-0.2, -0.15) is 14.6 Å². The van der Waals surface area contributed by atoms with E-state index in [9.17, 15) is 9.59 Å². The summed E-state index contributed by atoms with van der Waals surface area (Å²) in [5, 5.41) is 8.24. The third-order valence-electron chi connectivity index (χ3n) is 6.30. The van der Waals surface area contributed by atoms with Gasteiger partial charge in [0.1, 0.15) is 10.8 Å². The number of H-pyrrole nitrogens is 2. The van der Waals surface area contributed by atoms with Crippen LogP contribution < -0.4 is 21.7 Å². The van der Waals surface area contributed by atoms with Crippen LogP contribution in [-0.2, 0) is 4.74 Å². The highest BCUT2D eigenvalue weighted by Crippen LogP contribution is 2.31. The summed E-state index contributed by atoms with van der Waals surface area (Å²) < 4.78 is 7.21. The Bertz CT molecular complexity index is 1610. The van der Waals surface area contributed by atoms with E-state index in [2.05, 4.69) is 27.0 Å². The maximum Gasteiger partial charge on any atom is 0.273 e. The van der Waals surface area contributed by atoms with E-state index in [0.717, 1.165) is 11.4 Å². The molecular weight excluding hydrogens is 480 g/mol. The van der Waals surface area contributed by atoms with Crippen molar-refractivity contribution in [3.05, 3.63) is 50.0 Å². The Kier molecular flexibility index (Phi) is 5.69. The molecule has 0 aromatic carbocycles. The fourth-order valence-corrected chi connectivity index (χ4v) is 5.13. The Morgan fingerprint density at radius 1 is 1.33 bits per heavy atom. The molecule has 12 heteroatoms. The largest absolute Gasteiger partial charge is 0.375 e. The molecule has 4 aromatic rings. The minimum Gasteiger partial charge on any atom is -0.375 e. The van der Waals surface area contributed by atoms with Gasteiger partial charge in [0.05, 0.1) is 28.7 Å². The Hall–Kier alpha value is -3.77. The Labute approximate surface area is 209 Å². The number of aromatic amines is 2. The molecule has 0 radical (unpaired) electrons. The second kappa shape index (κ2) is 9.03. The summed E-state index contributed by atoms with van der Waals surface area (Å²) in [7, 11) is 0. The minimum atomic E-state index is -0.264. The summed E-state index contributed by atoms with van der Waals surface area (Å²) in [6.07, 6.45) is 5.77. The number of carbonyl (C=O) groups excluding carboxylic acids is 1. The summed E-state index contributed by atoms with van der Waals surface area (Å²) in [4.78, 5) is 43.6. The topological polar surface area (TPSA) is 133 Å². The lowest BCUT2D eigenvalue weighted by Gasteiger charge is -2.30. The van der Waals surface area contributed by atoms with E-state index in [1.807, 2.05) is 24.0 Å². The number of hydrogen-bond donors (Lipinski definition) is 3. The second-order valence-corrected chi connectivity index (χ2v) is 10.3. The second-order valence-electron chi connectivity index (χ2n) is 9.24. The van der Waals surface area contributed by atoms with Crippen LogP contribution in [0.5, 0.6) is 0 Å². The van der Waals surface area contributed by atoms with Crippen LogP contribution >= 0.6 is 11.3 Å². The van der Waals surface area contributed by atoms with Gasteiger partial charge in [-0.05, 0) is 43.9 Å². The number of amides is 1. The molecular formula is C24H26N8O3S. The zero-order chi connectivity index (χ0) is 24.8. The Morgan fingerprint density at radius 2 is 2.19 bits per heavy atom. The van der Waals surface area contributed by atoms with E-state index < -0.39 is 0 Å². The smallest absolute Gasteiger partial charge is 0.273 e. The Balaban J connectivity index is 1.39. The number of ether oxygens (including phenoxy) is 1. The molecule has 5 heterocycles. The Morgan fingerprint density at radius 3 is 2.94 bits per heavy atom. The lowest BCUT2D eigenvalue weighted by Crippen LogP contribution is -2.44.